The Bertz CT molecular complexity index is 306. The highest BCUT2D eigenvalue weighted by Gasteiger charge is 2.36. The van der Waals surface area contributed by atoms with Gasteiger partial charge in [0.15, 0.2) is 0 Å². The van der Waals surface area contributed by atoms with Gasteiger partial charge in [-0.1, -0.05) is 20.8 Å². The zero-order valence-electron chi connectivity index (χ0n) is 14.7. The van der Waals surface area contributed by atoms with Crippen LogP contribution in [0, 0.1) is 11.3 Å². The van der Waals surface area contributed by atoms with Gasteiger partial charge in [0.05, 0.1) is 6.10 Å². The molecule has 1 saturated heterocycles. The van der Waals surface area contributed by atoms with Gasteiger partial charge in [-0.05, 0) is 62.9 Å². The highest BCUT2D eigenvalue weighted by molar-refractivity contribution is 4.91. The molecular weight excluding hydrogens is 260 g/mol. The fourth-order valence-corrected chi connectivity index (χ4v) is 4.23. The molecule has 2 rings (SSSR count). The third-order valence-electron chi connectivity index (χ3n) is 5.46. The van der Waals surface area contributed by atoms with E-state index >= 15 is 0 Å². The van der Waals surface area contributed by atoms with Crippen molar-refractivity contribution >= 4 is 0 Å². The predicted octanol–water partition coefficient (Wildman–Crippen LogP) is 3.29. The van der Waals surface area contributed by atoms with Crippen LogP contribution >= 0.6 is 0 Å². The molecule has 3 unspecified atom stereocenters. The van der Waals surface area contributed by atoms with Gasteiger partial charge in [0.1, 0.15) is 0 Å². The highest BCUT2D eigenvalue weighted by atomic mass is 16.5. The number of likely N-dealkylation sites (tertiary alicyclic amines) is 1. The lowest BCUT2D eigenvalue weighted by atomic mass is 9.69. The van der Waals surface area contributed by atoms with E-state index in [0.29, 0.717) is 11.5 Å². The molecule has 3 nitrogen and oxygen atoms in total. The van der Waals surface area contributed by atoms with Gasteiger partial charge in [-0.2, -0.15) is 0 Å². The van der Waals surface area contributed by atoms with E-state index < -0.39 is 0 Å². The van der Waals surface area contributed by atoms with Crippen LogP contribution in [0.15, 0.2) is 0 Å². The van der Waals surface area contributed by atoms with Crippen molar-refractivity contribution in [2.24, 2.45) is 11.3 Å². The van der Waals surface area contributed by atoms with Gasteiger partial charge in [-0.25, -0.2) is 0 Å². The molecule has 21 heavy (non-hydrogen) atoms. The van der Waals surface area contributed by atoms with Gasteiger partial charge >= 0.3 is 0 Å². The van der Waals surface area contributed by atoms with E-state index in [1.54, 1.807) is 0 Å². The number of hydrogen-bond acceptors (Lipinski definition) is 3. The Labute approximate surface area is 131 Å². The number of hydrogen-bond donors (Lipinski definition) is 1. The Balaban J connectivity index is 1.91. The van der Waals surface area contributed by atoms with Crippen molar-refractivity contribution in [3.63, 3.8) is 0 Å². The SMILES string of the molecule is CCCNC1CCC(C)(C)CC1CN1CCCC(OC)C1. The summed E-state index contributed by atoms with van der Waals surface area (Å²) in [5.41, 5.74) is 0.519. The van der Waals surface area contributed by atoms with Gasteiger partial charge in [-0.3, -0.25) is 0 Å². The van der Waals surface area contributed by atoms with E-state index in [4.69, 9.17) is 4.74 Å². The third-order valence-corrected chi connectivity index (χ3v) is 5.46. The zero-order chi connectivity index (χ0) is 15.3. The van der Waals surface area contributed by atoms with Crippen LogP contribution in [0.3, 0.4) is 0 Å². The number of nitrogens with zero attached hydrogens (tertiary/aromatic N) is 1. The average molecular weight is 296 g/mol. The second-order valence-corrected chi connectivity index (χ2v) is 7.99. The molecule has 0 bridgehead atoms. The molecule has 0 amide bonds. The van der Waals surface area contributed by atoms with Crippen LogP contribution in [0.5, 0.6) is 0 Å². The second kappa shape index (κ2) is 7.94. The van der Waals surface area contributed by atoms with E-state index in [1.807, 2.05) is 7.11 Å². The molecule has 2 fully saturated rings. The van der Waals surface area contributed by atoms with Gasteiger partial charge in [0.25, 0.3) is 0 Å². The molecule has 1 saturated carbocycles. The molecule has 1 N–H and O–H groups in total. The molecule has 2 aliphatic rings. The quantitative estimate of drug-likeness (QED) is 0.814. The standard InChI is InChI=1S/C18H36N2O/c1-5-10-19-17-8-9-18(2,3)12-15(17)13-20-11-6-7-16(14-20)21-4/h15-17,19H,5-14H2,1-4H3. The van der Waals surface area contributed by atoms with Crippen LogP contribution < -0.4 is 5.32 Å². The summed E-state index contributed by atoms with van der Waals surface area (Å²) >= 11 is 0. The molecule has 0 aromatic rings. The number of ether oxygens (including phenoxy) is 1. The molecule has 1 aliphatic heterocycles. The predicted molar refractivity (Wildman–Crippen MR) is 89.7 cm³/mol. The average Bonchev–Trinajstić information content (AvgIpc) is 2.46. The summed E-state index contributed by atoms with van der Waals surface area (Å²) in [4.78, 5) is 2.66. The summed E-state index contributed by atoms with van der Waals surface area (Å²) in [6.07, 6.45) is 8.30. The summed E-state index contributed by atoms with van der Waals surface area (Å²) in [7, 11) is 1.86. The summed E-state index contributed by atoms with van der Waals surface area (Å²) in [6.45, 7) is 12.0. The van der Waals surface area contributed by atoms with E-state index in [9.17, 15) is 0 Å². The van der Waals surface area contributed by atoms with Gasteiger partial charge < -0.3 is 15.0 Å². The Morgan fingerprint density at radius 3 is 2.81 bits per heavy atom. The fraction of sp³-hybridized carbons (Fsp3) is 1.00. The van der Waals surface area contributed by atoms with Gasteiger partial charge in [-0.15, -0.1) is 0 Å². The molecule has 0 aromatic heterocycles. The first-order valence-electron chi connectivity index (χ1n) is 9.02. The molecule has 0 spiro atoms. The summed E-state index contributed by atoms with van der Waals surface area (Å²) < 4.78 is 5.59. The maximum Gasteiger partial charge on any atom is 0.0698 e. The van der Waals surface area contributed by atoms with E-state index in [-0.39, 0.29) is 0 Å². The maximum absolute atomic E-state index is 5.59. The maximum atomic E-state index is 5.59. The fourth-order valence-electron chi connectivity index (χ4n) is 4.23. The second-order valence-electron chi connectivity index (χ2n) is 7.99. The third kappa shape index (κ3) is 5.22. The van der Waals surface area contributed by atoms with Gasteiger partial charge in [0, 0.05) is 26.2 Å². The van der Waals surface area contributed by atoms with Crippen molar-refractivity contribution < 1.29 is 4.74 Å². The number of nitrogens with one attached hydrogen (secondary N) is 1. The Kier molecular flexibility index (Phi) is 6.51. The van der Waals surface area contributed by atoms with Crippen molar-refractivity contribution in [3.8, 4) is 0 Å². The van der Waals surface area contributed by atoms with Crippen LogP contribution in [0.2, 0.25) is 0 Å². The number of methoxy groups -OCH3 is 1. The molecular formula is C18H36N2O. The highest BCUT2D eigenvalue weighted by Crippen LogP contribution is 2.39. The lowest BCUT2D eigenvalue weighted by Gasteiger charge is -2.44. The Hall–Kier alpha value is -0.120. The monoisotopic (exact) mass is 296 g/mol. The van der Waals surface area contributed by atoms with Crippen molar-refractivity contribution in [3.05, 3.63) is 0 Å². The lowest BCUT2D eigenvalue weighted by molar-refractivity contribution is 0.0141. The normalized spacial score (nSPS) is 34.0. The molecule has 124 valence electrons. The summed E-state index contributed by atoms with van der Waals surface area (Å²) in [6, 6.07) is 0.723. The van der Waals surface area contributed by atoms with E-state index in [0.717, 1.165) is 18.5 Å². The van der Waals surface area contributed by atoms with Crippen LogP contribution in [0.25, 0.3) is 0 Å². The smallest absolute Gasteiger partial charge is 0.0698 e. The zero-order valence-corrected chi connectivity index (χ0v) is 14.7. The molecule has 3 atom stereocenters. The van der Waals surface area contributed by atoms with Crippen LogP contribution in [-0.4, -0.2) is 50.3 Å². The number of piperidine rings is 1. The Morgan fingerprint density at radius 2 is 2.10 bits per heavy atom. The first-order chi connectivity index (χ1) is 10.0. The number of rotatable bonds is 6. The Morgan fingerprint density at radius 1 is 1.29 bits per heavy atom. The topological polar surface area (TPSA) is 24.5 Å². The minimum atomic E-state index is 0.456. The largest absolute Gasteiger partial charge is 0.380 e. The van der Waals surface area contributed by atoms with Crippen molar-refractivity contribution in [1.29, 1.82) is 0 Å². The van der Waals surface area contributed by atoms with Crippen LogP contribution in [-0.2, 0) is 4.74 Å². The first-order valence-corrected chi connectivity index (χ1v) is 9.02. The molecule has 1 aliphatic carbocycles. The summed E-state index contributed by atoms with van der Waals surface area (Å²) in [5, 5.41) is 3.82. The van der Waals surface area contributed by atoms with E-state index in [2.05, 4.69) is 31.0 Å². The van der Waals surface area contributed by atoms with E-state index in [1.165, 1.54) is 58.2 Å². The molecule has 1 heterocycles. The van der Waals surface area contributed by atoms with Crippen LogP contribution in [0.1, 0.15) is 59.3 Å². The molecule has 0 radical (unpaired) electrons. The van der Waals surface area contributed by atoms with Crippen molar-refractivity contribution in [2.45, 2.75) is 71.4 Å². The first kappa shape index (κ1) is 17.2. The van der Waals surface area contributed by atoms with Crippen molar-refractivity contribution in [1.82, 2.24) is 10.2 Å². The lowest BCUT2D eigenvalue weighted by Crippen LogP contribution is -2.50. The van der Waals surface area contributed by atoms with Crippen molar-refractivity contribution in [2.75, 3.05) is 33.3 Å². The summed E-state index contributed by atoms with van der Waals surface area (Å²) in [5.74, 6) is 0.802. The molecule has 3 heteroatoms. The van der Waals surface area contributed by atoms with Crippen LogP contribution in [0.4, 0.5) is 0 Å². The van der Waals surface area contributed by atoms with Gasteiger partial charge in [0.2, 0.25) is 0 Å². The molecule has 0 aromatic carbocycles. The minimum Gasteiger partial charge on any atom is -0.380 e. The minimum absolute atomic E-state index is 0.456.